The minimum atomic E-state index is -0.704. The lowest BCUT2D eigenvalue weighted by atomic mass is 10.1. The molecule has 2 aromatic rings. The highest BCUT2D eigenvalue weighted by atomic mass is 16.5. The zero-order valence-corrected chi connectivity index (χ0v) is 16.5. The van der Waals surface area contributed by atoms with Gasteiger partial charge in [0.25, 0.3) is 11.8 Å². The number of carbonyl (C=O) groups is 3. The molecule has 0 bridgehead atoms. The van der Waals surface area contributed by atoms with Gasteiger partial charge in [0, 0.05) is 18.8 Å². The SMILES string of the molecule is CCC(CC)NC(=O)COC(=O)c1ccccc1C(=O)N(C)c1ccccc1. The fourth-order valence-electron chi connectivity index (χ4n) is 2.77. The lowest BCUT2D eigenvalue weighted by Crippen LogP contribution is -2.37. The molecule has 2 rings (SSSR count). The number of para-hydroxylation sites is 1. The van der Waals surface area contributed by atoms with Crippen LogP contribution in [0.2, 0.25) is 0 Å². The van der Waals surface area contributed by atoms with Gasteiger partial charge in [-0.2, -0.15) is 0 Å². The minimum Gasteiger partial charge on any atom is -0.452 e. The van der Waals surface area contributed by atoms with E-state index in [4.69, 9.17) is 4.74 Å². The zero-order valence-electron chi connectivity index (χ0n) is 16.5. The van der Waals surface area contributed by atoms with Gasteiger partial charge in [-0.15, -0.1) is 0 Å². The van der Waals surface area contributed by atoms with Gasteiger partial charge in [-0.25, -0.2) is 4.79 Å². The van der Waals surface area contributed by atoms with Crippen LogP contribution < -0.4 is 10.2 Å². The summed E-state index contributed by atoms with van der Waals surface area (Å²) >= 11 is 0. The fourth-order valence-corrected chi connectivity index (χ4v) is 2.77. The smallest absolute Gasteiger partial charge is 0.339 e. The molecule has 0 heterocycles. The second-order valence-corrected chi connectivity index (χ2v) is 6.40. The van der Waals surface area contributed by atoms with E-state index in [2.05, 4.69) is 5.32 Å². The number of nitrogens with zero attached hydrogens (tertiary/aromatic N) is 1. The summed E-state index contributed by atoms with van der Waals surface area (Å²) in [5, 5.41) is 2.81. The number of hydrogen-bond acceptors (Lipinski definition) is 4. The number of anilines is 1. The standard InChI is InChI=1S/C22H26N2O4/c1-4-16(5-2)23-20(25)15-28-22(27)19-14-10-9-13-18(19)21(26)24(3)17-11-7-6-8-12-17/h6-14,16H,4-5,15H2,1-3H3,(H,23,25). The maximum atomic E-state index is 12.9. The third-order valence-corrected chi connectivity index (χ3v) is 4.51. The maximum absolute atomic E-state index is 12.9. The second kappa shape index (κ2) is 10.3. The highest BCUT2D eigenvalue weighted by molar-refractivity contribution is 6.12. The van der Waals surface area contributed by atoms with Crippen molar-refractivity contribution in [2.75, 3.05) is 18.6 Å². The maximum Gasteiger partial charge on any atom is 0.339 e. The van der Waals surface area contributed by atoms with Crippen LogP contribution in [0.5, 0.6) is 0 Å². The molecule has 0 aliphatic rings. The molecule has 0 radical (unpaired) electrons. The second-order valence-electron chi connectivity index (χ2n) is 6.40. The molecule has 0 fully saturated rings. The summed E-state index contributed by atoms with van der Waals surface area (Å²) in [4.78, 5) is 38.8. The highest BCUT2D eigenvalue weighted by Crippen LogP contribution is 2.18. The summed E-state index contributed by atoms with van der Waals surface area (Å²) in [5.74, 6) is -1.39. The Kier molecular flexibility index (Phi) is 7.75. The molecule has 148 valence electrons. The monoisotopic (exact) mass is 382 g/mol. The quantitative estimate of drug-likeness (QED) is 0.710. The molecule has 0 aliphatic carbocycles. The van der Waals surface area contributed by atoms with Crippen LogP contribution in [0.4, 0.5) is 5.69 Å². The summed E-state index contributed by atoms with van der Waals surface area (Å²) in [6.07, 6.45) is 1.61. The fraction of sp³-hybridized carbons (Fsp3) is 0.318. The third kappa shape index (κ3) is 5.42. The Labute approximate surface area is 165 Å². The van der Waals surface area contributed by atoms with Crippen LogP contribution in [0.25, 0.3) is 0 Å². The Bertz CT molecular complexity index is 816. The van der Waals surface area contributed by atoms with E-state index < -0.39 is 5.97 Å². The molecule has 0 unspecified atom stereocenters. The summed E-state index contributed by atoms with van der Waals surface area (Å²) in [6.45, 7) is 3.57. The van der Waals surface area contributed by atoms with Gasteiger partial charge in [-0.3, -0.25) is 9.59 Å². The van der Waals surface area contributed by atoms with Gasteiger partial charge in [0.1, 0.15) is 0 Å². The number of rotatable bonds is 8. The van der Waals surface area contributed by atoms with Crippen molar-refractivity contribution in [1.29, 1.82) is 0 Å². The predicted octanol–water partition coefficient (Wildman–Crippen LogP) is 3.42. The third-order valence-electron chi connectivity index (χ3n) is 4.51. The topological polar surface area (TPSA) is 75.7 Å². The number of esters is 1. The van der Waals surface area contributed by atoms with Crippen LogP contribution >= 0.6 is 0 Å². The normalized spacial score (nSPS) is 10.4. The molecule has 0 aromatic heterocycles. The van der Waals surface area contributed by atoms with E-state index >= 15 is 0 Å². The first-order valence-corrected chi connectivity index (χ1v) is 9.36. The average molecular weight is 382 g/mol. The van der Waals surface area contributed by atoms with Crippen molar-refractivity contribution in [3.05, 3.63) is 65.7 Å². The van der Waals surface area contributed by atoms with Crippen LogP contribution in [0.3, 0.4) is 0 Å². The first kappa shape index (κ1) is 21.2. The molecular weight excluding hydrogens is 356 g/mol. The van der Waals surface area contributed by atoms with E-state index in [-0.39, 0.29) is 35.6 Å². The Morgan fingerprint density at radius 1 is 0.929 bits per heavy atom. The van der Waals surface area contributed by atoms with Gasteiger partial charge >= 0.3 is 5.97 Å². The number of hydrogen-bond donors (Lipinski definition) is 1. The molecule has 0 aliphatic heterocycles. The van der Waals surface area contributed by atoms with Crippen molar-refractivity contribution in [3.8, 4) is 0 Å². The minimum absolute atomic E-state index is 0.0552. The molecule has 2 amide bonds. The van der Waals surface area contributed by atoms with Crippen LogP contribution in [0, 0.1) is 0 Å². The number of ether oxygens (including phenoxy) is 1. The van der Waals surface area contributed by atoms with E-state index in [0.717, 1.165) is 12.8 Å². The lowest BCUT2D eigenvalue weighted by Gasteiger charge is -2.19. The molecule has 2 aromatic carbocycles. The van der Waals surface area contributed by atoms with Crippen LogP contribution in [0.15, 0.2) is 54.6 Å². The average Bonchev–Trinajstić information content (AvgIpc) is 2.75. The van der Waals surface area contributed by atoms with Crippen molar-refractivity contribution >= 4 is 23.5 Å². The van der Waals surface area contributed by atoms with E-state index in [1.165, 1.54) is 11.0 Å². The first-order valence-electron chi connectivity index (χ1n) is 9.36. The zero-order chi connectivity index (χ0) is 20.5. The number of carbonyl (C=O) groups excluding carboxylic acids is 3. The van der Waals surface area contributed by atoms with E-state index in [1.807, 2.05) is 32.0 Å². The summed E-state index contributed by atoms with van der Waals surface area (Å²) < 4.78 is 5.13. The van der Waals surface area contributed by atoms with Gasteiger partial charge in [-0.05, 0) is 37.1 Å². The van der Waals surface area contributed by atoms with Crippen LogP contribution in [-0.2, 0) is 9.53 Å². The number of benzene rings is 2. The van der Waals surface area contributed by atoms with Crippen molar-refractivity contribution in [2.45, 2.75) is 32.7 Å². The van der Waals surface area contributed by atoms with Crippen molar-refractivity contribution in [1.82, 2.24) is 5.32 Å². The summed E-state index contributed by atoms with van der Waals surface area (Å²) in [6, 6.07) is 15.6. The Morgan fingerprint density at radius 3 is 2.11 bits per heavy atom. The van der Waals surface area contributed by atoms with Gasteiger partial charge < -0.3 is 15.0 Å². The molecule has 0 atom stereocenters. The van der Waals surface area contributed by atoms with Gasteiger partial charge in [0.15, 0.2) is 6.61 Å². The molecule has 0 spiro atoms. The highest BCUT2D eigenvalue weighted by Gasteiger charge is 2.22. The predicted molar refractivity (Wildman–Crippen MR) is 108 cm³/mol. The van der Waals surface area contributed by atoms with Crippen LogP contribution in [-0.4, -0.2) is 37.5 Å². The molecule has 6 heteroatoms. The Morgan fingerprint density at radius 2 is 1.50 bits per heavy atom. The van der Waals surface area contributed by atoms with E-state index in [1.54, 1.807) is 37.4 Å². The largest absolute Gasteiger partial charge is 0.452 e. The molecular formula is C22H26N2O4. The van der Waals surface area contributed by atoms with Gasteiger partial charge in [0.05, 0.1) is 11.1 Å². The van der Waals surface area contributed by atoms with Crippen molar-refractivity contribution in [2.24, 2.45) is 0 Å². The Balaban J connectivity index is 2.09. The first-order chi connectivity index (χ1) is 13.5. The van der Waals surface area contributed by atoms with Crippen LogP contribution in [0.1, 0.15) is 47.4 Å². The summed E-state index contributed by atoms with van der Waals surface area (Å²) in [7, 11) is 1.64. The van der Waals surface area contributed by atoms with Gasteiger partial charge in [0.2, 0.25) is 0 Å². The summed E-state index contributed by atoms with van der Waals surface area (Å²) in [5.41, 5.74) is 1.06. The lowest BCUT2D eigenvalue weighted by molar-refractivity contribution is -0.125. The number of nitrogens with one attached hydrogen (secondary N) is 1. The molecule has 28 heavy (non-hydrogen) atoms. The Hall–Kier alpha value is -3.15. The van der Waals surface area contributed by atoms with Crippen molar-refractivity contribution < 1.29 is 19.1 Å². The molecule has 0 saturated carbocycles. The number of amides is 2. The molecule has 1 N–H and O–H groups in total. The molecule has 0 saturated heterocycles. The van der Waals surface area contributed by atoms with E-state index in [9.17, 15) is 14.4 Å². The van der Waals surface area contributed by atoms with Crippen molar-refractivity contribution in [3.63, 3.8) is 0 Å². The van der Waals surface area contributed by atoms with E-state index in [0.29, 0.717) is 5.69 Å². The molecule has 6 nitrogen and oxygen atoms in total. The van der Waals surface area contributed by atoms with Gasteiger partial charge in [-0.1, -0.05) is 44.2 Å².